The molecule has 0 aliphatic rings. The molecule has 1 N–H and O–H groups in total. The van der Waals surface area contributed by atoms with Gasteiger partial charge in [0.2, 0.25) is 0 Å². The van der Waals surface area contributed by atoms with Crippen molar-refractivity contribution in [3.8, 4) is 0 Å². The molecular formula is C11H18ClN3O. The molecular weight excluding hydrogens is 226 g/mol. The summed E-state index contributed by atoms with van der Waals surface area (Å²) in [4.78, 5) is 10.5. The van der Waals surface area contributed by atoms with Crippen LogP contribution in [-0.2, 0) is 6.42 Å². The van der Waals surface area contributed by atoms with E-state index in [0.717, 1.165) is 23.6 Å². The highest BCUT2D eigenvalue weighted by atomic mass is 35.5. The van der Waals surface area contributed by atoms with Crippen molar-refractivity contribution in [2.45, 2.75) is 33.3 Å². The van der Waals surface area contributed by atoms with Gasteiger partial charge in [-0.05, 0) is 13.8 Å². The van der Waals surface area contributed by atoms with Crippen molar-refractivity contribution in [3.63, 3.8) is 0 Å². The van der Waals surface area contributed by atoms with Gasteiger partial charge in [0, 0.05) is 25.6 Å². The standard InChI is InChI=1S/C11H18ClN3O/c1-5-9-13-10(12)8(3)11(14-9)15(4)6-7(2)16/h7,16H,5-6H2,1-4H3. The minimum absolute atomic E-state index is 0.400. The maximum atomic E-state index is 9.35. The monoisotopic (exact) mass is 243 g/mol. The molecule has 0 saturated carbocycles. The Hall–Kier alpha value is -0.870. The zero-order chi connectivity index (χ0) is 12.3. The second kappa shape index (κ2) is 5.46. The molecule has 0 saturated heterocycles. The fraction of sp³-hybridized carbons (Fsp3) is 0.636. The summed E-state index contributed by atoms with van der Waals surface area (Å²) < 4.78 is 0. The number of aliphatic hydroxyl groups is 1. The van der Waals surface area contributed by atoms with Crippen LogP contribution in [0.5, 0.6) is 0 Å². The lowest BCUT2D eigenvalue weighted by atomic mass is 10.3. The van der Waals surface area contributed by atoms with Gasteiger partial charge in [-0.25, -0.2) is 9.97 Å². The summed E-state index contributed by atoms with van der Waals surface area (Å²) >= 11 is 6.04. The molecule has 1 rings (SSSR count). The van der Waals surface area contributed by atoms with E-state index in [1.807, 2.05) is 25.8 Å². The van der Waals surface area contributed by atoms with Crippen LogP contribution in [0.2, 0.25) is 5.15 Å². The highest BCUT2D eigenvalue weighted by Crippen LogP contribution is 2.22. The lowest BCUT2D eigenvalue weighted by Crippen LogP contribution is -2.28. The predicted molar refractivity (Wildman–Crippen MR) is 66.1 cm³/mol. The number of rotatable bonds is 4. The van der Waals surface area contributed by atoms with Crippen molar-refractivity contribution in [1.29, 1.82) is 0 Å². The summed E-state index contributed by atoms with van der Waals surface area (Å²) in [5, 5.41) is 9.84. The smallest absolute Gasteiger partial charge is 0.137 e. The number of halogens is 1. The minimum atomic E-state index is -0.400. The van der Waals surface area contributed by atoms with Crippen molar-refractivity contribution >= 4 is 17.4 Å². The van der Waals surface area contributed by atoms with Gasteiger partial charge < -0.3 is 10.0 Å². The number of likely N-dealkylation sites (N-methyl/N-ethyl adjacent to an activating group) is 1. The molecule has 0 aliphatic heterocycles. The van der Waals surface area contributed by atoms with E-state index < -0.39 is 6.10 Å². The van der Waals surface area contributed by atoms with E-state index in [2.05, 4.69) is 9.97 Å². The average molecular weight is 244 g/mol. The Kier molecular flexibility index (Phi) is 4.50. The molecule has 1 unspecified atom stereocenters. The van der Waals surface area contributed by atoms with Gasteiger partial charge in [-0.1, -0.05) is 18.5 Å². The quantitative estimate of drug-likeness (QED) is 0.820. The summed E-state index contributed by atoms with van der Waals surface area (Å²) in [6, 6.07) is 0. The van der Waals surface area contributed by atoms with E-state index in [4.69, 9.17) is 11.6 Å². The van der Waals surface area contributed by atoms with Crippen LogP contribution in [0.15, 0.2) is 0 Å². The maximum Gasteiger partial charge on any atom is 0.137 e. The molecule has 5 heteroatoms. The van der Waals surface area contributed by atoms with E-state index in [1.54, 1.807) is 6.92 Å². The first kappa shape index (κ1) is 13.2. The Balaban J connectivity index is 3.06. The van der Waals surface area contributed by atoms with Crippen molar-refractivity contribution < 1.29 is 5.11 Å². The van der Waals surface area contributed by atoms with Crippen LogP contribution in [0.25, 0.3) is 0 Å². The molecule has 0 amide bonds. The van der Waals surface area contributed by atoms with Crippen molar-refractivity contribution in [1.82, 2.24) is 9.97 Å². The molecule has 90 valence electrons. The van der Waals surface area contributed by atoms with E-state index in [-0.39, 0.29) is 0 Å². The van der Waals surface area contributed by atoms with Gasteiger partial charge in [0.25, 0.3) is 0 Å². The van der Waals surface area contributed by atoms with Crippen molar-refractivity contribution in [2.24, 2.45) is 0 Å². The number of hydrogen-bond acceptors (Lipinski definition) is 4. The Morgan fingerprint density at radius 2 is 2.06 bits per heavy atom. The topological polar surface area (TPSA) is 49.2 Å². The van der Waals surface area contributed by atoms with Gasteiger partial charge in [0.1, 0.15) is 16.8 Å². The molecule has 0 radical (unpaired) electrons. The Morgan fingerprint density at radius 1 is 1.44 bits per heavy atom. The zero-order valence-electron chi connectivity index (χ0n) is 10.2. The molecule has 0 aromatic carbocycles. The lowest BCUT2D eigenvalue weighted by Gasteiger charge is -2.22. The van der Waals surface area contributed by atoms with Crippen LogP contribution < -0.4 is 4.90 Å². The SMILES string of the molecule is CCc1nc(Cl)c(C)c(N(C)CC(C)O)n1. The third-order valence-electron chi connectivity index (χ3n) is 2.32. The molecule has 1 heterocycles. The molecule has 1 aromatic rings. The molecule has 0 spiro atoms. The Bertz CT molecular complexity index is 368. The molecule has 0 aliphatic carbocycles. The normalized spacial score (nSPS) is 12.6. The highest BCUT2D eigenvalue weighted by molar-refractivity contribution is 6.30. The maximum absolute atomic E-state index is 9.35. The molecule has 1 atom stereocenters. The van der Waals surface area contributed by atoms with Crippen LogP contribution >= 0.6 is 11.6 Å². The van der Waals surface area contributed by atoms with Crippen LogP contribution in [0.3, 0.4) is 0 Å². The van der Waals surface area contributed by atoms with Crippen LogP contribution in [0, 0.1) is 6.92 Å². The van der Waals surface area contributed by atoms with E-state index in [9.17, 15) is 5.11 Å². The summed E-state index contributed by atoms with van der Waals surface area (Å²) in [6.07, 6.45) is 0.346. The zero-order valence-corrected chi connectivity index (χ0v) is 10.9. The predicted octanol–water partition coefficient (Wildman–Crippen LogP) is 1.82. The third kappa shape index (κ3) is 3.06. The Morgan fingerprint density at radius 3 is 2.56 bits per heavy atom. The Labute approximate surface area is 101 Å². The van der Waals surface area contributed by atoms with E-state index >= 15 is 0 Å². The summed E-state index contributed by atoms with van der Waals surface area (Å²) in [6.45, 7) is 6.14. The van der Waals surface area contributed by atoms with E-state index in [0.29, 0.717) is 11.7 Å². The first-order valence-electron chi connectivity index (χ1n) is 5.37. The first-order chi connectivity index (χ1) is 7.45. The van der Waals surface area contributed by atoms with Gasteiger partial charge in [-0.15, -0.1) is 0 Å². The number of aromatic nitrogens is 2. The number of nitrogens with zero attached hydrogens (tertiary/aromatic N) is 3. The second-order valence-electron chi connectivity index (χ2n) is 3.96. The number of hydrogen-bond donors (Lipinski definition) is 1. The van der Waals surface area contributed by atoms with Gasteiger partial charge in [0.05, 0.1) is 6.10 Å². The largest absolute Gasteiger partial charge is 0.392 e. The number of anilines is 1. The lowest BCUT2D eigenvalue weighted by molar-refractivity contribution is 0.201. The van der Waals surface area contributed by atoms with Gasteiger partial charge in [-0.3, -0.25) is 0 Å². The van der Waals surface area contributed by atoms with E-state index in [1.165, 1.54) is 0 Å². The summed E-state index contributed by atoms with van der Waals surface area (Å²) in [5.74, 6) is 1.51. The molecule has 0 fully saturated rings. The number of aryl methyl sites for hydroxylation is 1. The van der Waals surface area contributed by atoms with Crippen molar-refractivity contribution in [3.05, 3.63) is 16.5 Å². The van der Waals surface area contributed by atoms with Gasteiger partial charge in [0.15, 0.2) is 0 Å². The molecule has 16 heavy (non-hydrogen) atoms. The van der Waals surface area contributed by atoms with Crippen LogP contribution in [-0.4, -0.2) is 34.8 Å². The van der Waals surface area contributed by atoms with Gasteiger partial charge in [-0.2, -0.15) is 0 Å². The first-order valence-corrected chi connectivity index (χ1v) is 5.75. The third-order valence-corrected chi connectivity index (χ3v) is 2.69. The average Bonchev–Trinajstić information content (AvgIpc) is 2.20. The van der Waals surface area contributed by atoms with Crippen molar-refractivity contribution in [2.75, 3.05) is 18.5 Å². The highest BCUT2D eigenvalue weighted by Gasteiger charge is 2.13. The summed E-state index contributed by atoms with van der Waals surface area (Å²) in [7, 11) is 1.89. The van der Waals surface area contributed by atoms with Crippen LogP contribution in [0.1, 0.15) is 25.2 Å². The minimum Gasteiger partial charge on any atom is -0.392 e. The number of aliphatic hydroxyl groups excluding tert-OH is 1. The van der Waals surface area contributed by atoms with Crippen LogP contribution in [0.4, 0.5) is 5.82 Å². The fourth-order valence-corrected chi connectivity index (χ4v) is 1.72. The molecule has 4 nitrogen and oxygen atoms in total. The molecule has 1 aromatic heterocycles. The second-order valence-corrected chi connectivity index (χ2v) is 4.32. The fourth-order valence-electron chi connectivity index (χ4n) is 1.53. The van der Waals surface area contributed by atoms with Gasteiger partial charge >= 0.3 is 0 Å². The summed E-state index contributed by atoms with van der Waals surface area (Å²) in [5.41, 5.74) is 0.849. The molecule has 0 bridgehead atoms.